The van der Waals surface area contributed by atoms with Gasteiger partial charge in [-0.3, -0.25) is 0 Å². The average Bonchev–Trinajstić information content (AvgIpc) is 2.74. The van der Waals surface area contributed by atoms with Crippen molar-refractivity contribution in [3.05, 3.63) is 24.0 Å². The Bertz CT molecular complexity index is 400. The van der Waals surface area contributed by atoms with E-state index in [2.05, 4.69) is 10.3 Å². The van der Waals surface area contributed by atoms with Gasteiger partial charge in [0.1, 0.15) is 0 Å². The molecule has 1 heterocycles. The number of rotatable bonds is 8. The lowest BCUT2D eigenvalue weighted by Crippen LogP contribution is -2.32. The minimum Gasteiger partial charge on any atom is -0.367 e. The topological polar surface area (TPSA) is 65.2 Å². The number of hydrogen-bond acceptors (Lipinski definition) is 3. The maximum atomic E-state index is 11.3. The van der Waals surface area contributed by atoms with Gasteiger partial charge in [-0.05, 0) is 24.6 Å². The summed E-state index contributed by atoms with van der Waals surface area (Å²) in [5.41, 5.74) is 1.21. The minimum absolute atomic E-state index is 0.538. The zero-order chi connectivity index (χ0) is 12.7. The van der Waals surface area contributed by atoms with Crippen LogP contribution in [0.5, 0.6) is 0 Å². The van der Waals surface area contributed by atoms with Crippen LogP contribution in [0.25, 0.3) is 0 Å². The third kappa shape index (κ3) is 5.34. The molecule has 0 unspecified atom stereocenters. The molecule has 98 valence electrons. The van der Waals surface area contributed by atoms with E-state index in [4.69, 9.17) is 0 Å². The van der Waals surface area contributed by atoms with Crippen molar-refractivity contribution in [3.8, 4) is 0 Å². The van der Waals surface area contributed by atoms with Crippen LogP contribution in [-0.4, -0.2) is 43.6 Å². The van der Waals surface area contributed by atoms with Crippen LogP contribution < -0.4 is 5.32 Å². The molecular formula is C11H21N3O2S. The molecule has 0 amide bonds. The first-order valence-electron chi connectivity index (χ1n) is 5.81. The van der Waals surface area contributed by atoms with Crippen molar-refractivity contribution in [2.45, 2.75) is 19.9 Å². The normalized spacial score (nSPS) is 12.2. The number of hydrogen-bond donors (Lipinski definition) is 2. The maximum absolute atomic E-state index is 11.3. The van der Waals surface area contributed by atoms with Crippen molar-refractivity contribution in [2.75, 3.05) is 25.9 Å². The summed E-state index contributed by atoms with van der Waals surface area (Å²) in [5, 5.41) is 3.28. The van der Waals surface area contributed by atoms with E-state index in [1.807, 2.05) is 25.4 Å². The smallest absolute Gasteiger partial charge is 0.211 e. The molecule has 0 spiro atoms. The molecule has 0 atom stereocenters. The van der Waals surface area contributed by atoms with Crippen LogP contribution in [0.15, 0.2) is 18.5 Å². The molecule has 0 aliphatic heterocycles. The van der Waals surface area contributed by atoms with Gasteiger partial charge in [0.25, 0.3) is 0 Å². The summed E-state index contributed by atoms with van der Waals surface area (Å²) < 4.78 is 24.1. The Hall–Kier alpha value is -0.850. The molecule has 0 saturated heterocycles. The van der Waals surface area contributed by atoms with Crippen LogP contribution >= 0.6 is 0 Å². The van der Waals surface area contributed by atoms with Gasteiger partial charge >= 0.3 is 0 Å². The quantitative estimate of drug-likeness (QED) is 0.678. The minimum atomic E-state index is -3.04. The lowest BCUT2D eigenvalue weighted by atomic mass is 10.3. The van der Waals surface area contributed by atoms with Gasteiger partial charge in [-0.2, -0.15) is 0 Å². The van der Waals surface area contributed by atoms with Gasteiger partial charge in [-0.1, -0.05) is 6.92 Å². The average molecular weight is 259 g/mol. The summed E-state index contributed by atoms with van der Waals surface area (Å²) >= 11 is 0. The van der Waals surface area contributed by atoms with E-state index in [0.29, 0.717) is 13.1 Å². The second-order valence-corrected chi connectivity index (χ2v) is 5.99. The first-order valence-corrected chi connectivity index (χ1v) is 7.66. The number of H-pyrrole nitrogens is 1. The summed E-state index contributed by atoms with van der Waals surface area (Å²) in [6.07, 6.45) is 5.91. The van der Waals surface area contributed by atoms with Crippen molar-refractivity contribution in [3.63, 3.8) is 0 Å². The van der Waals surface area contributed by atoms with E-state index >= 15 is 0 Å². The monoisotopic (exact) mass is 259 g/mol. The van der Waals surface area contributed by atoms with Crippen LogP contribution in [0.2, 0.25) is 0 Å². The lowest BCUT2D eigenvalue weighted by molar-refractivity contribution is 0.419. The summed E-state index contributed by atoms with van der Waals surface area (Å²) in [5.74, 6) is 0. The molecule has 17 heavy (non-hydrogen) atoms. The van der Waals surface area contributed by atoms with Crippen LogP contribution in [0.1, 0.15) is 18.9 Å². The molecule has 1 aromatic rings. The molecule has 0 saturated carbocycles. The first kappa shape index (κ1) is 14.2. The van der Waals surface area contributed by atoms with Gasteiger partial charge < -0.3 is 10.3 Å². The third-order valence-corrected chi connectivity index (χ3v) is 3.95. The second-order valence-electron chi connectivity index (χ2n) is 4.00. The summed E-state index contributed by atoms with van der Waals surface area (Å²) in [7, 11) is -3.04. The highest BCUT2D eigenvalue weighted by Crippen LogP contribution is 1.99. The number of nitrogens with one attached hydrogen (secondary N) is 2. The zero-order valence-corrected chi connectivity index (χ0v) is 11.3. The van der Waals surface area contributed by atoms with E-state index in [1.54, 1.807) is 0 Å². The molecule has 0 aromatic carbocycles. The molecular weight excluding hydrogens is 238 g/mol. The standard InChI is InChI=1S/C11H21N3O2S/c1-3-14(17(2,15)16)8-4-6-12-9-11-5-7-13-10-11/h5,7,10,12-13H,3-4,6,8-9H2,1-2H3. The molecule has 0 fully saturated rings. The highest BCUT2D eigenvalue weighted by molar-refractivity contribution is 7.88. The van der Waals surface area contributed by atoms with Crippen molar-refractivity contribution in [1.29, 1.82) is 0 Å². The van der Waals surface area contributed by atoms with Gasteiger partial charge in [-0.15, -0.1) is 0 Å². The van der Waals surface area contributed by atoms with Crippen molar-refractivity contribution in [2.24, 2.45) is 0 Å². The Kier molecular flexibility index (Phi) is 5.67. The molecule has 0 aliphatic rings. The number of nitrogens with zero attached hydrogens (tertiary/aromatic N) is 1. The number of sulfonamides is 1. The fourth-order valence-corrected chi connectivity index (χ4v) is 2.57. The molecule has 1 aromatic heterocycles. The van der Waals surface area contributed by atoms with Gasteiger partial charge in [-0.25, -0.2) is 12.7 Å². The molecule has 1 rings (SSSR count). The summed E-state index contributed by atoms with van der Waals surface area (Å²) in [6.45, 7) is 4.60. The number of aromatic amines is 1. The van der Waals surface area contributed by atoms with Gasteiger partial charge in [0.2, 0.25) is 10.0 Å². The Morgan fingerprint density at radius 3 is 2.76 bits per heavy atom. The van der Waals surface area contributed by atoms with Gasteiger partial charge in [0.05, 0.1) is 6.26 Å². The highest BCUT2D eigenvalue weighted by Gasteiger charge is 2.12. The predicted octanol–water partition coefficient (Wildman–Crippen LogP) is 0.776. The van der Waals surface area contributed by atoms with E-state index in [0.717, 1.165) is 19.5 Å². The number of aromatic nitrogens is 1. The van der Waals surface area contributed by atoms with Crippen LogP contribution in [0.4, 0.5) is 0 Å². The highest BCUT2D eigenvalue weighted by atomic mass is 32.2. The fraction of sp³-hybridized carbons (Fsp3) is 0.636. The van der Waals surface area contributed by atoms with E-state index < -0.39 is 10.0 Å². The van der Waals surface area contributed by atoms with Crippen molar-refractivity contribution in [1.82, 2.24) is 14.6 Å². The first-order chi connectivity index (χ1) is 8.04. The summed E-state index contributed by atoms with van der Waals surface area (Å²) in [4.78, 5) is 2.99. The van der Waals surface area contributed by atoms with Crippen molar-refractivity contribution >= 4 is 10.0 Å². The Morgan fingerprint density at radius 1 is 1.47 bits per heavy atom. The van der Waals surface area contributed by atoms with Gasteiger partial charge in [0.15, 0.2) is 0 Å². The van der Waals surface area contributed by atoms with Crippen LogP contribution in [-0.2, 0) is 16.6 Å². The maximum Gasteiger partial charge on any atom is 0.211 e. The molecule has 6 heteroatoms. The van der Waals surface area contributed by atoms with Crippen molar-refractivity contribution < 1.29 is 8.42 Å². The molecule has 0 radical (unpaired) electrons. The van der Waals surface area contributed by atoms with E-state index in [9.17, 15) is 8.42 Å². The molecule has 2 N–H and O–H groups in total. The van der Waals surface area contributed by atoms with E-state index in [1.165, 1.54) is 16.1 Å². The molecule has 5 nitrogen and oxygen atoms in total. The SMILES string of the molecule is CCN(CCCNCc1cc[nH]c1)S(C)(=O)=O. The van der Waals surface area contributed by atoms with Crippen LogP contribution in [0.3, 0.4) is 0 Å². The zero-order valence-electron chi connectivity index (χ0n) is 10.4. The predicted molar refractivity (Wildman–Crippen MR) is 69.2 cm³/mol. The molecule has 0 aliphatic carbocycles. The van der Waals surface area contributed by atoms with Crippen LogP contribution in [0, 0.1) is 0 Å². The lowest BCUT2D eigenvalue weighted by Gasteiger charge is -2.17. The largest absolute Gasteiger partial charge is 0.367 e. The second kappa shape index (κ2) is 6.78. The Morgan fingerprint density at radius 2 is 2.24 bits per heavy atom. The Labute approximate surface area is 103 Å². The Balaban J connectivity index is 2.15. The third-order valence-electron chi connectivity index (χ3n) is 2.57. The fourth-order valence-electron chi connectivity index (χ4n) is 1.64. The summed E-state index contributed by atoms with van der Waals surface area (Å²) in [6, 6.07) is 2.02. The molecule has 0 bridgehead atoms. The van der Waals surface area contributed by atoms with E-state index in [-0.39, 0.29) is 0 Å². The van der Waals surface area contributed by atoms with Gasteiger partial charge in [0, 0.05) is 32.0 Å².